The highest BCUT2D eigenvalue weighted by Crippen LogP contribution is 2.18. The number of benzene rings is 2. The fourth-order valence-corrected chi connectivity index (χ4v) is 3.32. The maximum Gasteiger partial charge on any atom is 0.159 e. The summed E-state index contributed by atoms with van der Waals surface area (Å²) in [5.74, 6) is 0.120. The molecule has 0 aliphatic carbocycles. The van der Waals surface area contributed by atoms with Crippen molar-refractivity contribution in [2.45, 2.75) is 6.92 Å². The van der Waals surface area contributed by atoms with Crippen LogP contribution in [0.25, 0.3) is 6.08 Å². The van der Waals surface area contributed by atoms with Gasteiger partial charge in [-0.15, -0.1) is 0 Å². The molecule has 4 heteroatoms. The second kappa shape index (κ2) is 8.87. The maximum atomic E-state index is 11.4. The van der Waals surface area contributed by atoms with Crippen molar-refractivity contribution in [3.63, 3.8) is 0 Å². The Morgan fingerprint density at radius 1 is 0.963 bits per heavy atom. The number of hydrogen-bond acceptors (Lipinski definition) is 4. The predicted octanol–water partition coefficient (Wildman–Crippen LogP) is 3.79. The highest BCUT2D eigenvalue weighted by molar-refractivity contribution is 5.94. The molecular weight excluding hydrogens is 334 g/mol. The highest BCUT2D eigenvalue weighted by atomic mass is 16.1. The molecule has 0 spiro atoms. The summed E-state index contributed by atoms with van der Waals surface area (Å²) in [5.41, 5.74) is 4.45. The number of anilines is 2. The second-order valence-corrected chi connectivity index (χ2v) is 7.28. The molecule has 0 aromatic heterocycles. The summed E-state index contributed by atoms with van der Waals surface area (Å²) >= 11 is 0. The molecule has 2 aromatic rings. The maximum absolute atomic E-state index is 11.4. The Hall–Kier alpha value is -2.59. The van der Waals surface area contributed by atoms with E-state index in [4.69, 9.17) is 0 Å². The van der Waals surface area contributed by atoms with E-state index in [1.54, 1.807) is 6.92 Å². The zero-order valence-corrected chi connectivity index (χ0v) is 16.6. The number of Topliss-reactive ketones (excluding diaryl/α,β-unsaturated/α-hetero) is 1. The molecule has 1 aliphatic rings. The lowest BCUT2D eigenvalue weighted by molar-refractivity contribution is 0.101. The van der Waals surface area contributed by atoms with Gasteiger partial charge in [-0.25, -0.2) is 0 Å². The average molecular weight is 364 g/mol. The van der Waals surface area contributed by atoms with Gasteiger partial charge in [0.15, 0.2) is 5.78 Å². The van der Waals surface area contributed by atoms with Crippen molar-refractivity contribution in [1.82, 2.24) is 4.90 Å². The molecule has 2 aromatic carbocycles. The first-order chi connectivity index (χ1) is 13.0. The molecule has 0 amide bonds. The van der Waals surface area contributed by atoms with Crippen molar-refractivity contribution >= 4 is 23.2 Å². The average Bonchev–Trinajstić information content (AvgIpc) is 2.69. The van der Waals surface area contributed by atoms with Gasteiger partial charge in [0, 0.05) is 63.8 Å². The topological polar surface area (TPSA) is 26.8 Å². The molecule has 0 atom stereocenters. The van der Waals surface area contributed by atoms with Crippen molar-refractivity contribution in [2.75, 3.05) is 56.6 Å². The van der Waals surface area contributed by atoms with E-state index in [1.807, 2.05) is 12.1 Å². The molecule has 1 fully saturated rings. The van der Waals surface area contributed by atoms with E-state index in [-0.39, 0.29) is 5.78 Å². The number of hydrogen-bond donors (Lipinski definition) is 0. The monoisotopic (exact) mass is 363 g/mol. The summed E-state index contributed by atoms with van der Waals surface area (Å²) in [6, 6.07) is 16.6. The lowest BCUT2D eigenvalue weighted by Crippen LogP contribution is -2.46. The molecule has 0 saturated carbocycles. The summed E-state index contributed by atoms with van der Waals surface area (Å²) in [6.45, 7) is 6.73. The van der Waals surface area contributed by atoms with Gasteiger partial charge in [0.05, 0.1) is 0 Å². The lowest BCUT2D eigenvalue weighted by atomic mass is 10.1. The van der Waals surface area contributed by atoms with Crippen molar-refractivity contribution in [3.8, 4) is 0 Å². The standard InChI is InChI=1S/C23H29N3O/c1-19(27)21-8-12-23(13-9-21)26-17-15-25(16-18-26)14-4-5-20-6-10-22(11-7-20)24(2)3/h4-13H,14-18H2,1-3H3/b5-4+. The van der Waals surface area contributed by atoms with E-state index in [9.17, 15) is 4.79 Å². The number of ketones is 1. The third-order valence-corrected chi connectivity index (χ3v) is 5.09. The molecule has 4 nitrogen and oxygen atoms in total. The van der Waals surface area contributed by atoms with E-state index in [2.05, 4.69) is 77.3 Å². The van der Waals surface area contributed by atoms with Crippen LogP contribution in [0.5, 0.6) is 0 Å². The summed E-state index contributed by atoms with van der Waals surface area (Å²) in [4.78, 5) is 18.4. The molecule has 3 rings (SSSR count). The fraction of sp³-hybridized carbons (Fsp3) is 0.348. The van der Waals surface area contributed by atoms with Crippen LogP contribution in [0.4, 0.5) is 11.4 Å². The van der Waals surface area contributed by atoms with E-state index in [0.29, 0.717) is 0 Å². The van der Waals surface area contributed by atoms with Crippen LogP contribution >= 0.6 is 0 Å². The van der Waals surface area contributed by atoms with Gasteiger partial charge in [-0.2, -0.15) is 0 Å². The summed E-state index contributed by atoms with van der Waals surface area (Å²) < 4.78 is 0. The third-order valence-electron chi connectivity index (χ3n) is 5.09. The Morgan fingerprint density at radius 2 is 1.59 bits per heavy atom. The van der Waals surface area contributed by atoms with Gasteiger partial charge in [0.1, 0.15) is 0 Å². The summed E-state index contributed by atoms with van der Waals surface area (Å²) in [6.07, 6.45) is 4.45. The quantitative estimate of drug-likeness (QED) is 0.730. The first-order valence-electron chi connectivity index (χ1n) is 9.55. The van der Waals surface area contributed by atoms with Crippen LogP contribution in [-0.4, -0.2) is 57.5 Å². The number of piperazine rings is 1. The van der Waals surface area contributed by atoms with Crippen LogP contribution in [0, 0.1) is 0 Å². The smallest absolute Gasteiger partial charge is 0.159 e. The van der Waals surface area contributed by atoms with Crippen molar-refractivity contribution in [2.24, 2.45) is 0 Å². The second-order valence-electron chi connectivity index (χ2n) is 7.28. The first kappa shape index (κ1) is 19.2. The normalized spacial score (nSPS) is 15.3. The van der Waals surface area contributed by atoms with E-state index >= 15 is 0 Å². The molecule has 1 aliphatic heterocycles. The summed E-state index contributed by atoms with van der Waals surface area (Å²) in [5, 5.41) is 0. The van der Waals surface area contributed by atoms with Crippen LogP contribution in [0.15, 0.2) is 54.6 Å². The Balaban J connectivity index is 1.47. The fourth-order valence-electron chi connectivity index (χ4n) is 3.32. The minimum absolute atomic E-state index is 0.120. The van der Waals surface area contributed by atoms with Crippen molar-refractivity contribution in [1.29, 1.82) is 0 Å². The highest BCUT2D eigenvalue weighted by Gasteiger charge is 2.16. The summed E-state index contributed by atoms with van der Waals surface area (Å²) in [7, 11) is 4.12. The Morgan fingerprint density at radius 3 is 2.15 bits per heavy atom. The molecule has 27 heavy (non-hydrogen) atoms. The minimum Gasteiger partial charge on any atom is -0.378 e. The molecule has 142 valence electrons. The van der Waals surface area contributed by atoms with Crippen LogP contribution < -0.4 is 9.80 Å². The number of rotatable bonds is 6. The SMILES string of the molecule is CC(=O)c1ccc(N2CCN(C/C=C/c3ccc(N(C)C)cc3)CC2)cc1. The Labute approximate surface area is 162 Å². The number of nitrogens with zero attached hydrogens (tertiary/aromatic N) is 3. The Bertz CT molecular complexity index is 770. The minimum atomic E-state index is 0.120. The van der Waals surface area contributed by atoms with Gasteiger partial charge in [0.25, 0.3) is 0 Å². The van der Waals surface area contributed by atoms with Crippen LogP contribution in [0.3, 0.4) is 0 Å². The van der Waals surface area contributed by atoms with Gasteiger partial charge in [-0.3, -0.25) is 9.69 Å². The van der Waals surface area contributed by atoms with E-state index < -0.39 is 0 Å². The molecule has 1 heterocycles. The molecule has 0 unspecified atom stereocenters. The first-order valence-corrected chi connectivity index (χ1v) is 9.55. The van der Waals surface area contributed by atoms with Crippen LogP contribution in [0.2, 0.25) is 0 Å². The molecule has 0 radical (unpaired) electrons. The third kappa shape index (κ3) is 5.20. The van der Waals surface area contributed by atoms with Crippen LogP contribution in [-0.2, 0) is 0 Å². The molecule has 1 saturated heterocycles. The molecule has 0 N–H and O–H groups in total. The van der Waals surface area contributed by atoms with Gasteiger partial charge in [0.2, 0.25) is 0 Å². The van der Waals surface area contributed by atoms with Gasteiger partial charge in [-0.05, 0) is 48.9 Å². The van der Waals surface area contributed by atoms with E-state index in [0.717, 1.165) is 38.3 Å². The lowest BCUT2D eigenvalue weighted by Gasteiger charge is -2.35. The number of carbonyl (C=O) groups excluding carboxylic acids is 1. The predicted molar refractivity (Wildman–Crippen MR) is 115 cm³/mol. The van der Waals surface area contributed by atoms with Gasteiger partial charge < -0.3 is 9.80 Å². The zero-order valence-electron chi connectivity index (χ0n) is 16.6. The Kier molecular flexibility index (Phi) is 6.30. The number of carbonyl (C=O) groups is 1. The van der Waals surface area contributed by atoms with Gasteiger partial charge >= 0.3 is 0 Å². The zero-order chi connectivity index (χ0) is 19.2. The van der Waals surface area contributed by atoms with Crippen molar-refractivity contribution < 1.29 is 4.79 Å². The van der Waals surface area contributed by atoms with Crippen LogP contribution in [0.1, 0.15) is 22.8 Å². The van der Waals surface area contributed by atoms with Crippen molar-refractivity contribution in [3.05, 3.63) is 65.7 Å². The van der Waals surface area contributed by atoms with E-state index in [1.165, 1.54) is 16.9 Å². The molecular formula is C23H29N3O. The largest absolute Gasteiger partial charge is 0.378 e. The van der Waals surface area contributed by atoms with Gasteiger partial charge in [-0.1, -0.05) is 24.3 Å². The molecule has 0 bridgehead atoms.